The van der Waals surface area contributed by atoms with Gasteiger partial charge < -0.3 is 0 Å². The molecule has 0 aromatic heterocycles. The second-order valence-corrected chi connectivity index (χ2v) is 3.20. The molecular formula is C11H18S. The van der Waals surface area contributed by atoms with E-state index in [1.165, 1.54) is 16.7 Å². The Bertz CT molecular complexity index is 201. The number of hydrogen-bond donors (Lipinski definition) is 1. The maximum atomic E-state index is 4.31. The van der Waals surface area contributed by atoms with Crippen LogP contribution in [-0.2, 0) is 0 Å². The molecule has 0 saturated heterocycles. The molecule has 0 spiro atoms. The molecule has 0 fully saturated rings. The fraction of sp³-hybridized carbons (Fsp3) is 0.455. The lowest BCUT2D eigenvalue weighted by molar-refractivity contribution is 1.21. The first-order valence-electron chi connectivity index (χ1n) is 4.38. The zero-order valence-electron chi connectivity index (χ0n) is 8.60. The summed E-state index contributed by atoms with van der Waals surface area (Å²) >= 11 is 4.31. The van der Waals surface area contributed by atoms with E-state index < -0.39 is 0 Å². The summed E-state index contributed by atoms with van der Waals surface area (Å²) in [5.41, 5.74) is 3.91. The molecule has 12 heavy (non-hydrogen) atoms. The lowest BCUT2D eigenvalue weighted by Gasteiger charge is -2.03. The summed E-state index contributed by atoms with van der Waals surface area (Å²) in [5.74, 6) is 0. The van der Waals surface area contributed by atoms with Crippen molar-refractivity contribution in [3.05, 3.63) is 28.8 Å². The molecule has 0 nitrogen and oxygen atoms in total. The second kappa shape index (κ2) is 5.26. The highest BCUT2D eigenvalue weighted by atomic mass is 32.1. The van der Waals surface area contributed by atoms with Crippen molar-refractivity contribution < 1.29 is 0 Å². The fourth-order valence-corrected chi connectivity index (χ4v) is 1.20. The third-order valence-electron chi connectivity index (χ3n) is 1.81. The first kappa shape index (κ1) is 11.6. The highest BCUT2D eigenvalue weighted by Crippen LogP contribution is 2.17. The summed E-state index contributed by atoms with van der Waals surface area (Å²) in [6, 6.07) is 4.27. The number of hydrogen-bond acceptors (Lipinski definition) is 1. The van der Waals surface area contributed by atoms with Crippen molar-refractivity contribution in [1.82, 2.24) is 0 Å². The molecule has 1 rings (SSSR count). The normalized spacial score (nSPS) is 8.83. The smallest absolute Gasteiger partial charge is 0.00720 e. The van der Waals surface area contributed by atoms with Gasteiger partial charge in [0.1, 0.15) is 0 Å². The molecule has 0 heterocycles. The molecule has 0 radical (unpaired) electrons. The zero-order chi connectivity index (χ0) is 9.72. The number of aryl methyl sites for hydroxylation is 3. The van der Waals surface area contributed by atoms with Crippen LogP contribution in [-0.4, -0.2) is 0 Å². The van der Waals surface area contributed by atoms with Crippen LogP contribution >= 0.6 is 12.6 Å². The van der Waals surface area contributed by atoms with Gasteiger partial charge in [0.05, 0.1) is 0 Å². The van der Waals surface area contributed by atoms with E-state index in [-0.39, 0.29) is 0 Å². The molecule has 0 aliphatic heterocycles. The van der Waals surface area contributed by atoms with Crippen molar-refractivity contribution in [2.45, 2.75) is 39.5 Å². The van der Waals surface area contributed by atoms with Crippen molar-refractivity contribution in [1.29, 1.82) is 0 Å². The van der Waals surface area contributed by atoms with E-state index in [0.29, 0.717) is 0 Å². The highest BCUT2D eigenvalue weighted by molar-refractivity contribution is 7.80. The molecule has 68 valence electrons. The fourth-order valence-electron chi connectivity index (χ4n) is 0.945. The molecule has 0 atom stereocenters. The summed E-state index contributed by atoms with van der Waals surface area (Å²) in [6.45, 7) is 10.3. The lowest BCUT2D eigenvalue weighted by Crippen LogP contribution is -1.83. The minimum atomic E-state index is 1.09. The van der Waals surface area contributed by atoms with E-state index in [1.54, 1.807) is 0 Å². The van der Waals surface area contributed by atoms with Gasteiger partial charge in [0.2, 0.25) is 0 Å². The Labute approximate surface area is 81.4 Å². The molecule has 1 aromatic rings. The Hall–Kier alpha value is -0.430. The van der Waals surface area contributed by atoms with Gasteiger partial charge >= 0.3 is 0 Å². The molecule has 0 bridgehead atoms. The van der Waals surface area contributed by atoms with Gasteiger partial charge in [0, 0.05) is 4.90 Å². The molecule has 0 aliphatic rings. The van der Waals surface area contributed by atoms with Crippen LogP contribution in [0.1, 0.15) is 30.5 Å². The Balaban J connectivity index is 0.000000561. The van der Waals surface area contributed by atoms with Gasteiger partial charge in [-0.05, 0) is 43.5 Å². The highest BCUT2D eigenvalue weighted by Gasteiger charge is 1.95. The van der Waals surface area contributed by atoms with Crippen LogP contribution in [0.3, 0.4) is 0 Å². The molecular weight excluding hydrogens is 164 g/mol. The monoisotopic (exact) mass is 182 g/mol. The van der Waals surface area contributed by atoms with Crippen LogP contribution in [0.25, 0.3) is 0 Å². The van der Waals surface area contributed by atoms with Gasteiger partial charge in [-0.2, -0.15) is 0 Å². The molecule has 0 amide bonds. The minimum Gasteiger partial charge on any atom is -0.143 e. The van der Waals surface area contributed by atoms with E-state index >= 15 is 0 Å². The minimum absolute atomic E-state index is 1.09. The Morgan fingerprint density at radius 1 is 0.833 bits per heavy atom. The van der Waals surface area contributed by atoms with E-state index in [9.17, 15) is 0 Å². The lowest BCUT2D eigenvalue weighted by atomic mass is 10.1. The van der Waals surface area contributed by atoms with Gasteiger partial charge in [0.25, 0.3) is 0 Å². The van der Waals surface area contributed by atoms with Crippen molar-refractivity contribution in [2.24, 2.45) is 0 Å². The Kier molecular flexibility index (Phi) is 5.07. The summed E-state index contributed by atoms with van der Waals surface area (Å²) in [5, 5.41) is 0. The van der Waals surface area contributed by atoms with Crippen LogP contribution in [0, 0.1) is 20.8 Å². The largest absolute Gasteiger partial charge is 0.143 e. The van der Waals surface area contributed by atoms with Crippen molar-refractivity contribution >= 4 is 12.6 Å². The van der Waals surface area contributed by atoms with Crippen LogP contribution in [0.4, 0.5) is 0 Å². The summed E-state index contributed by atoms with van der Waals surface area (Å²) in [6.07, 6.45) is 0. The van der Waals surface area contributed by atoms with Crippen molar-refractivity contribution in [2.75, 3.05) is 0 Å². The summed E-state index contributed by atoms with van der Waals surface area (Å²) in [4.78, 5) is 1.09. The Morgan fingerprint density at radius 2 is 1.25 bits per heavy atom. The summed E-state index contributed by atoms with van der Waals surface area (Å²) in [7, 11) is 0. The van der Waals surface area contributed by atoms with Crippen LogP contribution in [0.15, 0.2) is 17.0 Å². The molecule has 0 aliphatic carbocycles. The van der Waals surface area contributed by atoms with E-state index in [2.05, 4.69) is 45.5 Å². The number of rotatable bonds is 0. The van der Waals surface area contributed by atoms with Crippen LogP contribution < -0.4 is 0 Å². The van der Waals surface area contributed by atoms with Gasteiger partial charge in [0.15, 0.2) is 0 Å². The quantitative estimate of drug-likeness (QED) is 0.577. The molecule has 0 N–H and O–H groups in total. The predicted octanol–water partition coefficient (Wildman–Crippen LogP) is 3.93. The van der Waals surface area contributed by atoms with Crippen molar-refractivity contribution in [3.8, 4) is 0 Å². The maximum Gasteiger partial charge on any atom is 0.00720 e. The predicted molar refractivity (Wildman–Crippen MR) is 59.3 cm³/mol. The van der Waals surface area contributed by atoms with Gasteiger partial charge in [-0.1, -0.05) is 19.9 Å². The second-order valence-electron chi connectivity index (χ2n) is 2.72. The van der Waals surface area contributed by atoms with E-state index in [1.807, 2.05) is 13.8 Å². The van der Waals surface area contributed by atoms with Crippen molar-refractivity contribution in [3.63, 3.8) is 0 Å². The number of benzene rings is 1. The SMILES string of the molecule is CC.Cc1cc(C)c(S)cc1C. The third-order valence-corrected chi connectivity index (χ3v) is 2.29. The molecule has 1 heteroatoms. The average Bonchev–Trinajstić information content (AvgIpc) is 2.05. The van der Waals surface area contributed by atoms with Crippen LogP contribution in [0.2, 0.25) is 0 Å². The first-order chi connectivity index (χ1) is 5.61. The van der Waals surface area contributed by atoms with Crippen LogP contribution in [0.5, 0.6) is 0 Å². The zero-order valence-corrected chi connectivity index (χ0v) is 9.50. The molecule has 1 aromatic carbocycles. The van der Waals surface area contributed by atoms with E-state index in [0.717, 1.165) is 4.90 Å². The maximum absolute atomic E-state index is 4.31. The van der Waals surface area contributed by atoms with Gasteiger partial charge in [-0.3, -0.25) is 0 Å². The average molecular weight is 182 g/mol. The number of thiol groups is 1. The Morgan fingerprint density at radius 3 is 1.67 bits per heavy atom. The van der Waals surface area contributed by atoms with Gasteiger partial charge in [-0.25, -0.2) is 0 Å². The van der Waals surface area contributed by atoms with E-state index in [4.69, 9.17) is 0 Å². The standard InChI is InChI=1S/C9H12S.C2H6/c1-6-4-8(3)9(10)5-7(6)2;1-2/h4-5,10H,1-3H3;1-2H3. The molecule has 0 saturated carbocycles. The third kappa shape index (κ3) is 2.90. The molecule has 0 unspecified atom stereocenters. The van der Waals surface area contributed by atoms with Gasteiger partial charge in [-0.15, -0.1) is 12.6 Å². The first-order valence-corrected chi connectivity index (χ1v) is 4.83. The summed E-state index contributed by atoms with van der Waals surface area (Å²) < 4.78 is 0. The topological polar surface area (TPSA) is 0 Å².